The summed E-state index contributed by atoms with van der Waals surface area (Å²) in [6, 6.07) is 43.8. The fourth-order valence-corrected chi connectivity index (χ4v) is 6.45. The second-order valence-corrected chi connectivity index (χ2v) is 11.4. The fraction of sp³-hybridized carbons (Fsp3) is 0. The lowest BCUT2D eigenvalue weighted by atomic mass is 10.0. The van der Waals surface area contributed by atoms with Gasteiger partial charge >= 0.3 is 0 Å². The second kappa shape index (κ2) is 9.95. The van der Waals surface area contributed by atoms with Crippen molar-refractivity contribution in [2.24, 2.45) is 0 Å². The van der Waals surface area contributed by atoms with Crippen molar-refractivity contribution in [2.45, 2.75) is 0 Å². The zero-order valence-electron chi connectivity index (χ0n) is 24.7. The third-order valence-electron chi connectivity index (χ3n) is 8.60. The Balaban J connectivity index is 1.23. The van der Waals surface area contributed by atoms with E-state index in [2.05, 4.69) is 18.2 Å². The second-order valence-electron chi connectivity index (χ2n) is 11.4. The summed E-state index contributed by atoms with van der Waals surface area (Å²) < 4.78 is 19.1. The van der Waals surface area contributed by atoms with Gasteiger partial charge in [0, 0.05) is 32.7 Å². The summed E-state index contributed by atoms with van der Waals surface area (Å²) in [5.41, 5.74) is 7.76. The van der Waals surface area contributed by atoms with Crippen LogP contribution in [0, 0.1) is 0 Å². The summed E-state index contributed by atoms with van der Waals surface area (Å²) in [6.45, 7) is 0. The molecule has 0 aliphatic carbocycles. The Morgan fingerprint density at radius 2 is 0.957 bits per heavy atom. The first-order valence-electron chi connectivity index (χ1n) is 15.3. The summed E-state index contributed by atoms with van der Waals surface area (Å²) in [7, 11) is 0. The van der Waals surface area contributed by atoms with Gasteiger partial charge in [0.25, 0.3) is 0 Å². The molecular weight excluding hydrogens is 584 g/mol. The van der Waals surface area contributed by atoms with Gasteiger partial charge in [-0.1, -0.05) is 97.1 Å². The molecule has 0 bridgehead atoms. The van der Waals surface area contributed by atoms with E-state index in [1.807, 2.05) is 115 Å². The van der Waals surface area contributed by atoms with Crippen molar-refractivity contribution in [1.29, 1.82) is 0 Å². The maximum atomic E-state index is 6.71. The Labute approximate surface area is 266 Å². The molecule has 0 fully saturated rings. The summed E-state index contributed by atoms with van der Waals surface area (Å²) in [5.74, 6) is 2.13. The number of hydrogen-bond donors (Lipinski definition) is 0. The van der Waals surface area contributed by atoms with E-state index in [0.717, 1.165) is 66.1 Å². The molecule has 0 aliphatic rings. The first-order chi connectivity index (χ1) is 23.3. The molecule has 0 N–H and O–H groups in total. The number of hydrogen-bond acceptors (Lipinski definition) is 7. The summed E-state index contributed by atoms with van der Waals surface area (Å²) in [6.07, 6.45) is 0. The van der Waals surface area contributed by atoms with Gasteiger partial charge in [-0.15, -0.1) is 0 Å². The van der Waals surface area contributed by atoms with E-state index in [4.69, 9.17) is 33.2 Å². The molecular formula is C40H22N4O3. The van der Waals surface area contributed by atoms with Crippen LogP contribution in [0.2, 0.25) is 0 Å². The third kappa shape index (κ3) is 4.00. The fourth-order valence-electron chi connectivity index (χ4n) is 6.45. The standard InChI is InChI=1S/C40H22N4O3/c1-2-11-23(12-3-1)37-42-38(27-16-10-22-33-34(27)26-13-4-6-20-31(26)45-33)44-39(43-37)28-17-8-14-24-25-15-9-18-29(36(25)47-35(24)28)40-41-30-19-5-7-21-32(30)46-40/h1-22H. The Bertz CT molecular complexity index is 2780. The van der Waals surface area contributed by atoms with Crippen LogP contribution in [0.25, 0.3) is 101 Å². The van der Waals surface area contributed by atoms with Crippen LogP contribution in [-0.2, 0) is 0 Å². The zero-order chi connectivity index (χ0) is 30.9. The number of para-hydroxylation sites is 5. The van der Waals surface area contributed by atoms with Gasteiger partial charge in [0.05, 0.1) is 11.1 Å². The first-order valence-corrected chi connectivity index (χ1v) is 15.3. The molecule has 0 saturated heterocycles. The Morgan fingerprint density at radius 1 is 0.362 bits per heavy atom. The summed E-state index contributed by atoms with van der Waals surface area (Å²) in [4.78, 5) is 19.9. The van der Waals surface area contributed by atoms with Crippen molar-refractivity contribution >= 4 is 55.0 Å². The maximum absolute atomic E-state index is 6.71. The molecule has 47 heavy (non-hydrogen) atoms. The van der Waals surface area contributed by atoms with Gasteiger partial charge in [0.15, 0.2) is 23.1 Å². The molecule has 0 unspecified atom stereocenters. The number of nitrogens with zero attached hydrogens (tertiary/aromatic N) is 4. The Kier molecular flexibility index (Phi) is 5.44. The van der Waals surface area contributed by atoms with Gasteiger partial charge < -0.3 is 13.3 Å². The average molecular weight is 607 g/mol. The van der Waals surface area contributed by atoms with Crippen LogP contribution in [0.15, 0.2) is 147 Å². The van der Waals surface area contributed by atoms with Crippen LogP contribution in [0.1, 0.15) is 0 Å². The monoisotopic (exact) mass is 606 g/mol. The Morgan fingerprint density at radius 3 is 1.79 bits per heavy atom. The number of rotatable bonds is 4. The van der Waals surface area contributed by atoms with Crippen LogP contribution >= 0.6 is 0 Å². The topological polar surface area (TPSA) is 91.0 Å². The van der Waals surface area contributed by atoms with Crippen molar-refractivity contribution in [2.75, 3.05) is 0 Å². The minimum atomic E-state index is 0.506. The van der Waals surface area contributed by atoms with Gasteiger partial charge in [0.2, 0.25) is 5.89 Å². The van der Waals surface area contributed by atoms with E-state index in [9.17, 15) is 0 Å². The lowest BCUT2D eigenvalue weighted by Crippen LogP contribution is -2.00. The molecule has 6 aromatic carbocycles. The lowest BCUT2D eigenvalue weighted by Gasteiger charge is -2.09. The van der Waals surface area contributed by atoms with Gasteiger partial charge in [-0.2, -0.15) is 0 Å². The highest BCUT2D eigenvalue weighted by Crippen LogP contribution is 2.41. The minimum Gasteiger partial charge on any atom is -0.456 e. The van der Waals surface area contributed by atoms with Crippen LogP contribution in [0.5, 0.6) is 0 Å². The van der Waals surface area contributed by atoms with E-state index in [0.29, 0.717) is 34.5 Å². The quantitative estimate of drug-likeness (QED) is 0.197. The molecule has 0 atom stereocenters. The van der Waals surface area contributed by atoms with Gasteiger partial charge in [-0.3, -0.25) is 0 Å². The van der Waals surface area contributed by atoms with E-state index >= 15 is 0 Å². The number of fused-ring (bicyclic) bond motifs is 7. The van der Waals surface area contributed by atoms with Crippen molar-refractivity contribution in [3.8, 4) is 45.6 Å². The molecule has 0 radical (unpaired) electrons. The van der Waals surface area contributed by atoms with Crippen molar-refractivity contribution in [3.05, 3.63) is 133 Å². The van der Waals surface area contributed by atoms with Crippen LogP contribution in [0.4, 0.5) is 0 Å². The molecule has 7 nitrogen and oxygen atoms in total. The molecule has 0 spiro atoms. The highest BCUT2D eigenvalue weighted by Gasteiger charge is 2.22. The average Bonchev–Trinajstić information content (AvgIpc) is 3.85. The third-order valence-corrected chi connectivity index (χ3v) is 8.60. The maximum Gasteiger partial charge on any atom is 0.231 e. The van der Waals surface area contributed by atoms with Crippen molar-refractivity contribution in [1.82, 2.24) is 19.9 Å². The zero-order valence-corrected chi connectivity index (χ0v) is 24.7. The molecule has 10 rings (SSSR count). The van der Waals surface area contributed by atoms with Crippen LogP contribution < -0.4 is 0 Å². The molecule has 0 amide bonds. The molecule has 0 saturated carbocycles. The highest BCUT2D eigenvalue weighted by molar-refractivity contribution is 6.13. The first kappa shape index (κ1) is 25.7. The Hall–Kier alpha value is -6.60. The molecule has 220 valence electrons. The van der Waals surface area contributed by atoms with E-state index in [-0.39, 0.29) is 0 Å². The predicted molar refractivity (Wildman–Crippen MR) is 184 cm³/mol. The number of aromatic nitrogens is 4. The SMILES string of the molecule is c1ccc(-c2nc(-c3cccc4c3oc3c(-c5nc6ccccc6o5)cccc34)nc(-c3cccc4oc5ccccc5c34)n2)cc1. The van der Waals surface area contributed by atoms with Crippen LogP contribution in [-0.4, -0.2) is 19.9 Å². The largest absolute Gasteiger partial charge is 0.456 e. The van der Waals surface area contributed by atoms with E-state index in [1.54, 1.807) is 0 Å². The molecule has 4 aromatic heterocycles. The smallest absolute Gasteiger partial charge is 0.231 e. The molecule has 4 heterocycles. The number of oxazole rings is 1. The molecule has 0 aliphatic heterocycles. The summed E-state index contributed by atoms with van der Waals surface area (Å²) >= 11 is 0. The van der Waals surface area contributed by atoms with Crippen LogP contribution in [0.3, 0.4) is 0 Å². The van der Waals surface area contributed by atoms with Gasteiger partial charge in [0.1, 0.15) is 27.8 Å². The normalized spacial score (nSPS) is 11.8. The summed E-state index contributed by atoms with van der Waals surface area (Å²) in [5, 5.41) is 3.87. The van der Waals surface area contributed by atoms with Crippen molar-refractivity contribution < 1.29 is 13.3 Å². The lowest BCUT2D eigenvalue weighted by molar-refractivity contribution is 0.615. The predicted octanol–water partition coefficient (Wildman–Crippen LogP) is 10.5. The molecule has 7 heteroatoms. The van der Waals surface area contributed by atoms with E-state index in [1.165, 1.54) is 0 Å². The highest BCUT2D eigenvalue weighted by atomic mass is 16.4. The van der Waals surface area contributed by atoms with Gasteiger partial charge in [-0.25, -0.2) is 19.9 Å². The van der Waals surface area contributed by atoms with Gasteiger partial charge in [-0.05, 0) is 36.4 Å². The molecule has 10 aromatic rings. The minimum absolute atomic E-state index is 0.506. The number of benzene rings is 6. The number of furan rings is 2. The van der Waals surface area contributed by atoms with Crippen molar-refractivity contribution in [3.63, 3.8) is 0 Å². The van der Waals surface area contributed by atoms with E-state index < -0.39 is 0 Å².